The van der Waals surface area contributed by atoms with Gasteiger partial charge in [-0.15, -0.1) is 0 Å². The first-order valence-electron chi connectivity index (χ1n) is 25.0. The summed E-state index contributed by atoms with van der Waals surface area (Å²) < 4.78 is 6.63. The third-order valence-corrected chi connectivity index (χ3v) is 16.4. The Hall–Kier alpha value is -8.54. The first-order chi connectivity index (χ1) is 34.8. The van der Waals surface area contributed by atoms with Crippen molar-refractivity contribution in [3.8, 4) is 22.3 Å². The van der Waals surface area contributed by atoms with E-state index in [-0.39, 0.29) is 17.5 Å². The van der Waals surface area contributed by atoms with Crippen LogP contribution in [0.3, 0.4) is 0 Å². The van der Waals surface area contributed by atoms with Crippen molar-refractivity contribution >= 4 is 96.2 Å². The van der Waals surface area contributed by atoms with Gasteiger partial charge >= 0.3 is 0 Å². The summed E-state index contributed by atoms with van der Waals surface area (Å²) >= 11 is 0. The molecule has 336 valence electrons. The Balaban J connectivity index is 1.13. The van der Waals surface area contributed by atoms with Gasteiger partial charge in [-0.1, -0.05) is 179 Å². The van der Waals surface area contributed by atoms with Crippen molar-refractivity contribution in [3.05, 3.63) is 241 Å². The maximum Gasteiger partial charge on any atom is 0.252 e. The van der Waals surface area contributed by atoms with E-state index < -0.39 is 0 Å². The second-order valence-electron chi connectivity index (χ2n) is 20.8. The maximum atomic E-state index is 6.63. The number of fused-ring (bicyclic) bond motifs is 15. The molecule has 0 saturated heterocycles. The number of benzene rings is 10. The van der Waals surface area contributed by atoms with Gasteiger partial charge in [0.2, 0.25) is 0 Å². The average molecular weight is 910 g/mol. The highest BCUT2D eigenvalue weighted by Gasteiger charge is 2.50. The monoisotopic (exact) mass is 909 g/mol. The molecule has 0 amide bonds. The Kier molecular flexibility index (Phi) is 8.25. The molecule has 3 heterocycles. The minimum Gasteiger partial charge on any atom is -0.456 e. The Bertz CT molecular complexity index is 3850. The minimum absolute atomic E-state index is 0.0900. The predicted molar refractivity (Wildman–Crippen MR) is 298 cm³/mol. The van der Waals surface area contributed by atoms with Gasteiger partial charge in [-0.05, 0) is 116 Å². The second-order valence-corrected chi connectivity index (χ2v) is 20.8. The Morgan fingerprint density at radius 1 is 0.423 bits per heavy atom. The van der Waals surface area contributed by atoms with Crippen molar-refractivity contribution < 1.29 is 4.42 Å². The summed E-state index contributed by atoms with van der Waals surface area (Å²) in [5.74, 6) is 0. The molecule has 71 heavy (non-hydrogen) atoms. The molecule has 0 N–H and O–H groups in total. The van der Waals surface area contributed by atoms with Crippen LogP contribution in [0, 0.1) is 0 Å². The molecule has 1 aromatic heterocycles. The standard InChI is InChI=1S/C66H48BN3O/c1-65(2)48-30-17-14-27-45(48)59-50(65)35-37-52-63(59)69(42-23-10-6-11-24-42)55-39-44(68(41-21-8-5-9-22-41)54-32-20-34-58-61(54)47-29-16-19-33-57(47)71-58)40-56-62(55)67(52)53-38-36-51-60(46-28-15-18-31-49(46)66(51,3)4)64(53)70(56)43-25-12-7-13-26-43/h5-40H,1-4H3. The van der Waals surface area contributed by atoms with Crippen molar-refractivity contribution in [2.75, 3.05) is 14.7 Å². The Morgan fingerprint density at radius 2 is 0.901 bits per heavy atom. The molecule has 4 nitrogen and oxygen atoms in total. The van der Waals surface area contributed by atoms with E-state index in [4.69, 9.17) is 4.42 Å². The lowest BCUT2D eigenvalue weighted by molar-refractivity contribution is 0.660. The number of furan rings is 1. The van der Waals surface area contributed by atoms with Gasteiger partial charge in [0.1, 0.15) is 11.2 Å². The summed E-state index contributed by atoms with van der Waals surface area (Å²) in [6.45, 7) is 9.51. The van der Waals surface area contributed by atoms with Gasteiger partial charge in [0.15, 0.2) is 0 Å². The summed E-state index contributed by atoms with van der Waals surface area (Å²) in [5, 5.41) is 2.17. The molecule has 2 aliphatic carbocycles. The van der Waals surface area contributed by atoms with Crippen LogP contribution in [0.15, 0.2) is 223 Å². The number of rotatable bonds is 5. The van der Waals surface area contributed by atoms with E-state index in [0.29, 0.717) is 0 Å². The number of hydrogen-bond acceptors (Lipinski definition) is 4. The smallest absolute Gasteiger partial charge is 0.252 e. The SMILES string of the molecule is CC1(C)c2ccccc2-c2c1ccc1c2N(c2ccccc2)c2cc(N(c3ccccc3)c3cccc4oc5ccccc5c34)cc3c2B1c1ccc2c(c1N3c1ccccc1)-c1ccccc1C2(C)C. The van der Waals surface area contributed by atoms with Crippen molar-refractivity contribution in [2.45, 2.75) is 38.5 Å². The summed E-state index contributed by atoms with van der Waals surface area (Å²) in [7, 11) is 0. The van der Waals surface area contributed by atoms with E-state index >= 15 is 0 Å². The zero-order chi connectivity index (χ0) is 47.3. The molecule has 2 aliphatic heterocycles. The van der Waals surface area contributed by atoms with Crippen LogP contribution in [0.1, 0.15) is 49.9 Å². The van der Waals surface area contributed by atoms with E-state index in [0.717, 1.165) is 61.8 Å². The molecule has 10 aromatic carbocycles. The molecule has 11 aromatic rings. The van der Waals surface area contributed by atoms with E-state index in [1.165, 1.54) is 72.3 Å². The molecule has 0 saturated carbocycles. The normalized spacial score (nSPS) is 14.9. The molecule has 0 radical (unpaired) electrons. The molecule has 4 aliphatic rings. The van der Waals surface area contributed by atoms with Gasteiger partial charge in [0.05, 0.1) is 16.8 Å². The molecular formula is C66H48BN3O. The van der Waals surface area contributed by atoms with Gasteiger partial charge < -0.3 is 19.1 Å². The predicted octanol–water partition coefficient (Wildman–Crippen LogP) is 15.8. The van der Waals surface area contributed by atoms with Crippen LogP contribution in [0.25, 0.3) is 44.2 Å². The minimum atomic E-state index is -0.197. The van der Waals surface area contributed by atoms with Crippen LogP contribution in [0.5, 0.6) is 0 Å². The highest BCUT2D eigenvalue weighted by atomic mass is 16.3. The summed E-state index contributed by atoms with van der Waals surface area (Å²) in [4.78, 5) is 7.69. The lowest BCUT2D eigenvalue weighted by atomic mass is 9.33. The van der Waals surface area contributed by atoms with Crippen LogP contribution >= 0.6 is 0 Å². The third kappa shape index (κ3) is 5.41. The van der Waals surface area contributed by atoms with Gasteiger partial charge in [0.25, 0.3) is 6.71 Å². The fourth-order valence-electron chi connectivity index (χ4n) is 13.3. The number of para-hydroxylation sites is 4. The van der Waals surface area contributed by atoms with Crippen LogP contribution in [-0.4, -0.2) is 6.71 Å². The van der Waals surface area contributed by atoms with Crippen LogP contribution in [0.2, 0.25) is 0 Å². The molecule has 5 heteroatoms. The van der Waals surface area contributed by atoms with E-state index in [1.54, 1.807) is 0 Å². The zero-order valence-corrected chi connectivity index (χ0v) is 40.1. The highest BCUT2D eigenvalue weighted by molar-refractivity contribution is 7.00. The van der Waals surface area contributed by atoms with Gasteiger partial charge in [-0.2, -0.15) is 0 Å². The first kappa shape index (κ1) is 40.4. The largest absolute Gasteiger partial charge is 0.456 e. The van der Waals surface area contributed by atoms with Crippen molar-refractivity contribution in [1.29, 1.82) is 0 Å². The molecule has 0 atom stereocenters. The number of nitrogens with zero attached hydrogens (tertiary/aromatic N) is 3. The number of anilines is 9. The van der Waals surface area contributed by atoms with E-state index in [9.17, 15) is 0 Å². The van der Waals surface area contributed by atoms with Crippen molar-refractivity contribution in [1.82, 2.24) is 0 Å². The van der Waals surface area contributed by atoms with Gasteiger partial charge in [-0.25, -0.2) is 0 Å². The number of hydrogen-bond donors (Lipinski definition) is 0. The first-order valence-corrected chi connectivity index (χ1v) is 25.0. The second kappa shape index (κ2) is 14.5. The molecular weight excluding hydrogens is 862 g/mol. The fraction of sp³-hybridized carbons (Fsp3) is 0.0909. The highest BCUT2D eigenvalue weighted by Crippen LogP contribution is 2.59. The topological polar surface area (TPSA) is 22.9 Å². The molecule has 0 spiro atoms. The van der Waals surface area contributed by atoms with Gasteiger partial charge in [0, 0.05) is 67.2 Å². The molecule has 0 bridgehead atoms. The summed E-state index contributed by atoms with van der Waals surface area (Å²) in [6.07, 6.45) is 0. The summed E-state index contributed by atoms with van der Waals surface area (Å²) in [5.41, 5.74) is 26.2. The van der Waals surface area contributed by atoms with Crippen LogP contribution < -0.4 is 31.1 Å². The Labute approximate surface area is 414 Å². The zero-order valence-electron chi connectivity index (χ0n) is 40.1. The van der Waals surface area contributed by atoms with Crippen molar-refractivity contribution in [3.63, 3.8) is 0 Å². The van der Waals surface area contributed by atoms with Crippen molar-refractivity contribution in [2.24, 2.45) is 0 Å². The average Bonchev–Trinajstić information content (AvgIpc) is 3.99. The van der Waals surface area contributed by atoms with Gasteiger partial charge in [-0.3, -0.25) is 0 Å². The maximum absolute atomic E-state index is 6.63. The van der Waals surface area contributed by atoms with E-state index in [2.05, 4.69) is 261 Å². The van der Waals surface area contributed by atoms with Crippen LogP contribution in [-0.2, 0) is 10.8 Å². The van der Waals surface area contributed by atoms with Crippen LogP contribution in [0.4, 0.5) is 51.2 Å². The van der Waals surface area contributed by atoms with E-state index in [1.807, 2.05) is 0 Å². The molecule has 15 rings (SSSR count). The lowest BCUT2D eigenvalue weighted by Crippen LogP contribution is -2.61. The lowest BCUT2D eigenvalue weighted by Gasteiger charge is -2.46. The quantitative estimate of drug-likeness (QED) is 0.161. The molecule has 0 fully saturated rings. The molecule has 0 unspecified atom stereocenters. The third-order valence-electron chi connectivity index (χ3n) is 16.4. The fourth-order valence-corrected chi connectivity index (χ4v) is 13.3. The Morgan fingerprint density at radius 3 is 1.46 bits per heavy atom. The summed E-state index contributed by atoms with van der Waals surface area (Å²) in [6, 6.07) is 81.1.